The van der Waals surface area contributed by atoms with E-state index in [1.165, 1.54) is 6.20 Å². The lowest BCUT2D eigenvalue weighted by molar-refractivity contribution is -0.132. The maximum atomic E-state index is 12.5. The Kier molecular flexibility index (Phi) is 5.78. The highest BCUT2D eigenvalue weighted by atomic mass is 16.5. The summed E-state index contributed by atoms with van der Waals surface area (Å²) < 4.78 is 7.01. The van der Waals surface area contributed by atoms with Gasteiger partial charge >= 0.3 is 5.97 Å². The number of nitrogens with zero attached hydrogens (tertiary/aromatic N) is 3. The molecule has 0 radical (unpaired) electrons. The van der Waals surface area contributed by atoms with Crippen molar-refractivity contribution in [2.24, 2.45) is 0 Å². The number of carboxylic acid groups (broad SMARTS) is 1. The fourth-order valence-corrected chi connectivity index (χ4v) is 3.60. The summed E-state index contributed by atoms with van der Waals surface area (Å²) in [5, 5.41) is 13.4. The van der Waals surface area contributed by atoms with Gasteiger partial charge in [0.25, 0.3) is 0 Å². The molecule has 7 nitrogen and oxygen atoms in total. The SMILES string of the molecule is COc1cccc(CCC(=O)N2CCC(n3ncc(C(=O)O)c3C)CC2)c1. The van der Waals surface area contributed by atoms with Crippen molar-refractivity contribution in [3.8, 4) is 5.75 Å². The van der Waals surface area contributed by atoms with Crippen LogP contribution >= 0.6 is 0 Å². The smallest absolute Gasteiger partial charge is 0.339 e. The molecule has 1 saturated heterocycles. The second-order valence-electron chi connectivity index (χ2n) is 6.86. The average Bonchev–Trinajstić information content (AvgIpc) is 3.08. The molecule has 1 fully saturated rings. The number of aromatic nitrogens is 2. The summed E-state index contributed by atoms with van der Waals surface area (Å²) in [4.78, 5) is 25.6. The van der Waals surface area contributed by atoms with Crippen LogP contribution in [-0.2, 0) is 11.2 Å². The first-order chi connectivity index (χ1) is 13.0. The van der Waals surface area contributed by atoms with Gasteiger partial charge in [-0.05, 0) is 43.9 Å². The zero-order valence-corrected chi connectivity index (χ0v) is 15.7. The van der Waals surface area contributed by atoms with Crippen molar-refractivity contribution < 1.29 is 19.4 Å². The van der Waals surface area contributed by atoms with Crippen LogP contribution < -0.4 is 4.74 Å². The monoisotopic (exact) mass is 371 g/mol. The first kappa shape index (κ1) is 18.9. The van der Waals surface area contributed by atoms with E-state index in [0.29, 0.717) is 31.6 Å². The number of aromatic carboxylic acids is 1. The highest BCUT2D eigenvalue weighted by Crippen LogP contribution is 2.25. The number of hydrogen-bond acceptors (Lipinski definition) is 4. The molecule has 1 aliphatic heterocycles. The van der Waals surface area contributed by atoms with Gasteiger partial charge in [-0.2, -0.15) is 5.10 Å². The molecule has 1 N–H and O–H groups in total. The van der Waals surface area contributed by atoms with Crippen LogP contribution in [0.25, 0.3) is 0 Å². The Hall–Kier alpha value is -2.83. The molecule has 0 bridgehead atoms. The van der Waals surface area contributed by atoms with Gasteiger partial charge in [0.05, 0.1) is 25.0 Å². The lowest BCUT2D eigenvalue weighted by Gasteiger charge is -2.32. The van der Waals surface area contributed by atoms with Gasteiger partial charge in [0.1, 0.15) is 11.3 Å². The third-order valence-corrected chi connectivity index (χ3v) is 5.20. The molecular formula is C20H25N3O4. The van der Waals surface area contributed by atoms with Crippen LogP contribution in [0, 0.1) is 6.92 Å². The second kappa shape index (κ2) is 8.24. The fraction of sp³-hybridized carbons (Fsp3) is 0.450. The molecule has 3 rings (SSSR count). The van der Waals surface area contributed by atoms with Crippen LogP contribution in [0.5, 0.6) is 5.75 Å². The Morgan fingerprint density at radius 3 is 2.67 bits per heavy atom. The summed E-state index contributed by atoms with van der Waals surface area (Å²) in [6.45, 7) is 3.12. The van der Waals surface area contributed by atoms with E-state index < -0.39 is 5.97 Å². The molecule has 0 atom stereocenters. The Balaban J connectivity index is 1.52. The first-order valence-electron chi connectivity index (χ1n) is 9.17. The molecule has 1 aromatic heterocycles. The molecule has 27 heavy (non-hydrogen) atoms. The molecule has 0 aliphatic carbocycles. The van der Waals surface area contributed by atoms with Crippen LogP contribution in [0.4, 0.5) is 0 Å². The van der Waals surface area contributed by atoms with Crippen LogP contribution in [0.3, 0.4) is 0 Å². The molecular weight excluding hydrogens is 346 g/mol. The first-order valence-corrected chi connectivity index (χ1v) is 9.17. The summed E-state index contributed by atoms with van der Waals surface area (Å²) in [6, 6.07) is 7.92. The molecule has 1 aromatic carbocycles. The Labute approximate surface area is 158 Å². The number of likely N-dealkylation sites (tertiary alicyclic amines) is 1. The lowest BCUT2D eigenvalue weighted by Crippen LogP contribution is -2.39. The number of aryl methyl sites for hydroxylation is 1. The van der Waals surface area contributed by atoms with Gasteiger partial charge in [-0.3, -0.25) is 9.48 Å². The Morgan fingerprint density at radius 2 is 2.04 bits per heavy atom. The van der Waals surface area contributed by atoms with Crippen LogP contribution in [-0.4, -0.2) is 51.9 Å². The standard InChI is InChI=1S/C20H25N3O4/c1-14-18(20(25)26)13-21-23(14)16-8-10-22(11-9-16)19(24)7-6-15-4-3-5-17(12-15)27-2/h3-5,12-13,16H,6-11H2,1-2H3,(H,25,26). The van der Waals surface area contributed by atoms with E-state index in [1.807, 2.05) is 29.2 Å². The maximum Gasteiger partial charge on any atom is 0.339 e. The van der Waals surface area contributed by atoms with Crippen molar-refractivity contribution >= 4 is 11.9 Å². The Bertz CT molecular complexity index is 822. The molecule has 2 heterocycles. The van der Waals surface area contributed by atoms with Crippen molar-refractivity contribution in [1.29, 1.82) is 0 Å². The van der Waals surface area contributed by atoms with Gasteiger partial charge in [-0.1, -0.05) is 12.1 Å². The summed E-state index contributed by atoms with van der Waals surface area (Å²) in [7, 11) is 1.63. The number of piperidine rings is 1. The summed E-state index contributed by atoms with van der Waals surface area (Å²) >= 11 is 0. The van der Waals surface area contributed by atoms with Gasteiger partial charge in [0, 0.05) is 19.5 Å². The van der Waals surface area contributed by atoms with Crippen molar-refractivity contribution in [3.63, 3.8) is 0 Å². The average molecular weight is 371 g/mol. The minimum atomic E-state index is -0.955. The highest BCUT2D eigenvalue weighted by molar-refractivity contribution is 5.88. The summed E-state index contributed by atoms with van der Waals surface area (Å²) in [5.41, 5.74) is 2.00. The predicted molar refractivity (Wildman–Crippen MR) is 100 cm³/mol. The maximum absolute atomic E-state index is 12.5. The normalized spacial score (nSPS) is 15.0. The van der Waals surface area contributed by atoms with Gasteiger partial charge in [0.15, 0.2) is 0 Å². The Morgan fingerprint density at radius 1 is 1.30 bits per heavy atom. The number of amides is 1. The lowest BCUT2D eigenvalue weighted by atomic mass is 10.0. The van der Waals surface area contributed by atoms with Gasteiger partial charge in [-0.15, -0.1) is 0 Å². The van der Waals surface area contributed by atoms with Crippen LogP contribution in [0.1, 0.15) is 46.9 Å². The summed E-state index contributed by atoms with van der Waals surface area (Å²) in [5.74, 6) is -0.000302. The van der Waals surface area contributed by atoms with Crippen molar-refractivity contribution in [2.75, 3.05) is 20.2 Å². The van der Waals surface area contributed by atoms with Gasteiger partial charge in [0.2, 0.25) is 5.91 Å². The number of rotatable bonds is 6. The number of carbonyl (C=O) groups is 2. The van der Waals surface area contributed by atoms with Crippen molar-refractivity contribution in [1.82, 2.24) is 14.7 Å². The molecule has 0 spiro atoms. The van der Waals surface area contributed by atoms with E-state index in [9.17, 15) is 9.59 Å². The van der Waals surface area contributed by atoms with Crippen molar-refractivity contribution in [3.05, 3.63) is 47.3 Å². The second-order valence-corrected chi connectivity index (χ2v) is 6.86. The van der Waals surface area contributed by atoms with E-state index in [1.54, 1.807) is 18.7 Å². The number of carbonyl (C=O) groups excluding carboxylic acids is 1. The fourth-order valence-electron chi connectivity index (χ4n) is 3.60. The number of carboxylic acids is 1. The minimum absolute atomic E-state index is 0.139. The largest absolute Gasteiger partial charge is 0.497 e. The number of methoxy groups -OCH3 is 1. The van der Waals surface area contributed by atoms with E-state index in [0.717, 1.165) is 24.2 Å². The van der Waals surface area contributed by atoms with Crippen LogP contribution in [0.2, 0.25) is 0 Å². The minimum Gasteiger partial charge on any atom is -0.497 e. The van der Waals surface area contributed by atoms with E-state index in [4.69, 9.17) is 9.84 Å². The number of hydrogen-bond donors (Lipinski definition) is 1. The van der Waals surface area contributed by atoms with E-state index in [2.05, 4.69) is 5.10 Å². The molecule has 7 heteroatoms. The third kappa shape index (κ3) is 4.30. The molecule has 1 aliphatic rings. The molecule has 0 unspecified atom stereocenters. The van der Waals surface area contributed by atoms with Crippen LogP contribution in [0.15, 0.2) is 30.5 Å². The molecule has 2 aromatic rings. The molecule has 0 saturated carbocycles. The predicted octanol–water partition coefficient (Wildman–Crippen LogP) is 2.69. The molecule has 1 amide bonds. The topological polar surface area (TPSA) is 84.7 Å². The van der Waals surface area contributed by atoms with E-state index >= 15 is 0 Å². The van der Waals surface area contributed by atoms with Gasteiger partial charge in [-0.25, -0.2) is 4.79 Å². The highest BCUT2D eigenvalue weighted by Gasteiger charge is 2.26. The van der Waals surface area contributed by atoms with Gasteiger partial charge < -0.3 is 14.7 Å². The zero-order chi connectivity index (χ0) is 19.4. The number of benzene rings is 1. The summed E-state index contributed by atoms with van der Waals surface area (Å²) in [6.07, 6.45) is 4.14. The van der Waals surface area contributed by atoms with Crippen molar-refractivity contribution in [2.45, 2.75) is 38.6 Å². The molecule has 144 valence electrons. The van der Waals surface area contributed by atoms with E-state index in [-0.39, 0.29) is 17.5 Å². The quantitative estimate of drug-likeness (QED) is 0.844. The number of ether oxygens (including phenoxy) is 1. The zero-order valence-electron chi connectivity index (χ0n) is 15.7. The third-order valence-electron chi connectivity index (χ3n) is 5.20.